The minimum Gasteiger partial charge on any atom is -0.481 e. The van der Waals surface area contributed by atoms with Crippen molar-refractivity contribution >= 4 is 5.97 Å². The fourth-order valence-electron chi connectivity index (χ4n) is 3.51. The van der Waals surface area contributed by atoms with Gasteiger partial charge in [0.05, 0.1) is 11.9 Å². The molecule has 0 amide bonds. The van der Waals surface area contributed by atoms with Gasteiger partial charge in [0.2, 0.25) is 0 Å². The van der Waals surface area contributed by atoms with Gasteiger partial charge in [-0.25, -0.2) is 4.98 Å². The van der Waals surface area contributed by atoms with E-state index in [9.17, 15) is 4.79 Å². The van der Waals surface area contributed by atoms with Crippen molar-refractivity contribution in [2.24, 2.45) is 0 Å². The van der Waals surface area contributed by atoms with Gasteiger partial charge >= 0.3 is 5.97 Å². The van der Waals surface area contributed by atoms with Crippen LogP contribution in [0.25, 0.3) is 16.9 Å². The van der Waals surface area contributed by atoms with Crippen molar-refractivity contribution < 1.29 is 9.90 Å². The predicted octanol–water partition coefficient (Wildman–Crippen LogP) is 5.90. The third kappa shape index (κ3) is 5.56. The van der Waals surface area contributed by atoms with Gasteiger partial charge in [-0.05, 0) is 25.0 Å². The summed E-state index contributed by atoms with van der Waals surface area (Å²) in [4.78, 5) is 15.3. The lowest BCUT2D eigenvalue weighted by atomic mass is 10.1. The maximum absolute atomic E-state index is 10.5. The fraction of sp³-hybridized carbons (Fsp3) is 0.333. The van der Waals surface area contributed by atoms with Crippen LogP contribution in [0.15, 0.2) is 66.9 Å². The van der Waals surface area contributed by atoms with E-state index in [2.05, 4.69) is 53.1 Å². The van der Waals surface area contributed by atoms with Crippen LogP contribution in [0.3, 0.4) is 0 Å². The molecule has 0 atom stereocenters. The number of unbranched alkanes of at least 4 members (excludes halogenated alkanes) is 5. The van der Waals surface area contributed by atoms with Crippen molar-refractivity contribution in [3.63, 3.8) is 0 Å². The van der Waals surface area contributed by atoms with E-state index in [1.807, 2.05) is 18.3 Å². The first-order chi connectivity index (χ1) is 13.8. The van der Waals surface area contributed by atoms with Crippen LogP contribution in [-0.4, -0.2) is 20.6 Å². The Kier molecular flexibility index (Phi) is 7.42. The number of imidazole rings is 1. The lowest BCUT2D eigenvalue weighted by Crippen LogP contribution is -2.03. The quantitative estimate of drug-likeness (QED) is 0.424. The number of carboxylic acid groups (broad SMARTS) is 1. The third-order valence-electron chi connectivity index (χ3n) is 4.96. The summed E-state index contributed by atoms with van der Waals surface area (Å²) in [5, 5.41) is 8.68. The van der Waals surface area contributed by atoms with Gasteiger partial charge in [-0.3, -0.25) is 9.36 Å². The second kappa shape index (κ2) is 10.5. The maximum Gasteiger partial charge on any atom is 0.303 e. The number of hydrogen-bond donors (Lipinski definition) is 1. The van der Waals surface area contributed by atoms with Crippen LogP contribution in [-0.2, 0) is 11.2 Å². The highest BCUT2D eigenvalue weighted by molar-refractivity contribution is 5.66. The van der Waals surface area contributed by atoms with Crippen LogP contribution in [0.2, 0.25) is 0 Å². The molecule has 0 aliphatic rings. The molecule has 1 N–H and O–H groups in total. The molecule has 28 heavy (non-hydrogen) atoms. The Morgan fingerprint density at radius 1 is 0.821 bits per heavy atom. The number of benzene rings is 2. The van der Waals surface area contributed by atoms with Gasteiger partial charge in [-0.15, -0.1) is 0 Å². The van der Waals surface area contributed by atoms with Crippen molar-refractivity contribution in [2.45, 2.75) is 51.4 Å². The summed E-state index contributed by atoms with van der Waals surface area (Å²) in [5.74, 6) is 0.401. The first-order valence-corrected chi connectivity index (χ1v) is 10.1. The van der Waals surface area contributed by atoms with Crippen molar-refractivity contribution in [1.29, 1.82) is 0 Å². The first-order valence-electron chi connectivity index (χ1n) is 10.1. The second-order valence-electron chi connectivity index (χ2n) is 7.11. The summed E-state index contributed by atoms with van der Waals surface area (Å²) >= 11 is 0. The highest BCUT2D eigenvalue weighted by Crippen LogP contribution is 2.25. The van der Waals surface area contributed by atoms with Crippen LogP contribution in [0.5, 0.6) is 0 Å². The lowest BCUT2D eigenvalue weighted by molar-refractivity contribution is -0.137. The molecule has 3 aromatic rings. The Bertz CT molecular complexity index is 857. The van der Waals surface area contributed by atoms with E-state index in [4.69, 9.17) is 10.1 Å². The summed E-state index contributed by atoms with van der Waals surface area (Å²) in [7, 11) is 0. The van der Waals surface area contributed by atoms with E-state index in [1.165, 1.54) is 5.56 Å². The van der Waals surface area contributed by atoms with Crippen LogP contribution in [0.1, 0.15) is 50.8 Å². The summed E-state index contributed by atoms with van der Waals surface area (Å²) in [6, 6.07) is 20.8. The first kappa shape index (κ1) is 19.9. The normalized spacial score (nSPS) is 10.9. The average Bonchev–Trinajstić information content (AvgIpc) is 3.15. The minimum absolute atomic E-state index is 0.288. The Morgan fingerprint density at radius 3 is 2.11 bits per heavy atom. The monoisotopic (exact) mass is 376 g/mol. The summed E-state index contributed by atoms with van der Waals surface area (Å²) in [6.45, 7) is 0. The second-order valence-corrected chi connectivity index (χ2v) is 7.11. The number of aliphatic carboxylic acids is 1. The molecular formula is C24H28N2O2. The van der Waals surface area contributed by atoms with Gasteiger partial charge in [0.1, 0.15) is 5.82 Å². The molecular weight excluding hydrogens is 348 g/mol. The molecule has 1 heterocycles. The van der Waals surface area contributed by atoms with Gasteiger partial charge in [0.15, 0.2) is 0 Å². The lowest BCUT2D eigenvalue weighted by Gasteiger charge is -2.12. The molecule has 0 aliphatic carbocycles. The molecule has 146 valence electrons. The number of rotatable bonds is 11. The Hall–Kier alpha value is -2.88. The highest BCUT2D eigenvalue weighted by Gasteiger charge is 2.13. The standard InChI is InChI=1S/C24H28N2O2/c27-24(28)18-12-4-2-1-3-11-17-23-25-19-22(20-13-7-5-8-14-20)26(23)21-15-9-6-10-16-21/h5-10,13-16,19H,1-4,11-12,17-18H2,(H,27,28). The molecule has 0 unspecified atom stereocenters. The molecule has 2 aromatic carbocycles. The zero-order valence-corrected chi connectivity index (χ0v) is 16.3. The van der Waals surface area contributed by atoms with Crippen LogP contribution < -0.4 is 0 Å². The number of hydrogen-bond acceptors (Lipinski definition) is 2. The van der Waals surface area contributed by atoms with Crippen LogP contribution in [0.4, 0.5) is 0 Å². The summed E-state index contributed by atoms with van der Waals surface area (Å²) < 4.78 is 2.27. The Balaban J connectivity index is 1.62. The molecule has 0 bridgehead atoms. The maximum atomic E-state index is 10.5. The molecule has 4 heteroatoms. The molecule has 0 spiro atoms. The van der Waals surface area contributed by atoms with Gasteiger partial charge in [-0.1, -0.05) is 74.2 Å². The van der Waals surface area contributed by atoms with Crippen molar-refractivity contribution in [3.05, 3.63) is 72.7 Å². The Labute approximate surface area is 166 Å². The molecule has 0 radical (unpaired) electrons. The summed E-state index contributed by atoms with van der Waals surface area (Å²) in [5.41, 5.74) is 3.43. The van der Waals surface area contributed by atoms with Crippen molar-refractivity contribution in [1.82, 2.24) is 9.55 Å². The van der Waals surface area contributed by atoms with Crippen LogP contribution in [0, 0.1) is 0 Å². The van der Waals surface area contributed by atoms with Crippen molar-refractivity contribution in [3.8, 4) is 16.9 Å². The zero-order valence-electron chi connectivity index (χ0n) is 16.3. The van der Waals surface area contributed by atoms with E-state index < -0.39 is 5.97 Å². The fourth-order valence-corrected chi connectivity index (χ4v) is 3.51. The molecule has 0 aliphatic heterocycles. The SMILES string of the molecule is O=C(O)CCCCCCCCc1ncc(-c2ccccc2)n1-c1ccccc1. The molecule has 3 rings (SSSR count). The molecule has 0 fully saturated rings. The number of aromatic nitrogens is 2. The number of carbonyl (C=O) groups is 1. The predicted molar refractivity (Wildman–Crippen MR) is 113 cm³/mol. The van der Waals surface area contributed by atoms with E-state index >= 15 is 0 Å². The zero-order chi connectivity index (χ0) is 19.6. The van der Waals surface area contributed by atoms with Gasteiger partial charge < -0.3 is 5.11 Å². The van der Waals surface area contributed by atoms with E-state index in [1.54, 1.807) is 0 Å². The molecule has 1 aromatic heterocycles. The van der Waals surface area contributed by atoms with Crippen molar-refractivity contribution in [2.75, 3.05) is 0 Å². The van der Waals surface area contributed by atoms with E-state index in [0.717, 1.165) is 62.2 Å². The number of aryl methyl sites for hydroxylation is 1. The van der Waals surface area contributed by atoms with Crippen LogP contribution >= 0.6 is 0 Å². The molecule has 0 saturated heterocycles. The summed E-state index contributed by atoms with van der Waals surface area (Å²) in [6.07, 6.45) is 9.49. The topological polar surface area (TPSA) is 55.1 Å². The Morgan fingerprint density at radius 2 is 1.43 bits per heavy atom. The van der Waals surface area contributed by atoms with Gasteiger partial charge in [0.25, 0.3) is 0 Å². The number of para-hydroxylation sites is 1. The largest absolute Gasteiger partial charge is 0.481 e. The van der Waals surface area contributed by atoms with Gasteiger partial charge in [-0.2, -0.15) is 0 Å². The average molecular weight is 377 g/mol. The van der Waals surface area contributed by atoms with E-state index in [0.29, 0.717) is 0 Å². The molecule has 4 nitrogen and oxygen atoms in total. The number of nitrogens with zero attached hydrogens (tertiary/aromatic N) is 2. The number of carboxylic acids is 1. The minimum atomic E-state index is -0.693. The highest BCUT2D eigenvalue weighted by atomic mass is 16.4. The third-order valence-corrected chi connectivity index (χ3v) is 4.96. The van der Waals surface area contributed by atoms with E-state index in [-0.39, 0.29) is 6.42 Å². The van der Waals surface area contributed by atoms with Gasteiger partial charge in [0, 0.05) is 24.1 Å². The molecule has 0 saturated carbocycles. The smallest absolute Gasteiger partial charge is 0.303 e.